The molecule has 1 aromatic heterocycles. The number of aryl methyl sites for hydroxylation is 1. The fourth-order valence-electron chi connectivity index (χ4n) is 1.56. The highest BCUT2D eigenvalue weighted by atomic mass is 19.1. The Labute approximate surface area is 102 Å². The lowest BCUT2D eigenvalue weighted by Gasteiger charge is -2.06. The maximum atomic E-state index is 13.6. The molecule has 1 N–H and O–H groups in total. The topological polar surface area (TPSA) is 50.2 Å². The van der Waals surface area contributed by atoms with Gasteiger partial charge >= 0.3 is 5.97 Å². The van der Waals surface area contributed by atoms with Gasteiger partial charge in [-0.15, -0.1) is 0 Å². The van der Waals surface area contributed by atoms with Gasteiger partial charge in [0.25, 0.3) is 0 Å². The maximum absolute atomic E-state index is 13.6. The van der Waals surface area contributed by atoms with Gasteiger partial charge in [0.15, 0.2) is 0 Å². The third-order valence-corrected chi connectivity index (χ3v) is 2.51. The van der Waals surface area contributed by atoms with E-state index >= 15 is 0 Å². The zero-order valence-corrected chi connectivity index (χ0v) is 9.45. The molecule has 0 fully saturated rings. The van der Waals surface area contributed by atoms with Crippen molar-refractivity contribution in [3.05, 3.63) is 53.4 Å². The van der Waals surface area contributed by atoms with Gasteiger partial charge in [-0.1, -0.05) is 6.07 Å². The summed E-state index contributed by atoms with van der Waals surface area (Å²) < 4.78 is 26.8. The number of aromatic carboxylic acids is 1. The molecule has 18 heavy (non-hydrogen) atoms. The zero-order valence-electron chi connectivity index (χ0n) is 9.45. The molecule has 0 saturated carbocycles. The first-order valence-electron chi connectivity index (χ1n) is 5.14. The van der Waals surface area contributed by atoms with Gasteiger partial charge in [0, 0.05) is 29.1 Å². The predicted octanol–water partition coefficient (Wildman–Crippen LogP) is 3.03. The normalized spacial score (nSPS) is 10.4. The van der Waals surface area contributed by atoms with Gasteiger partial charge in [-0.3, -0.25) is 4.98 Å². The van der Waals surface area contributed by atoms with Crippen LogP contribution in [0.25, 0.3) is 11.1 Å². The van der Waals surface area contributed by atoms with Crippen molar-refractivity contribution in [2.24, 2.45) is 0 Å². The van der Waals surface area contributed by atoms with E-state index in [4.69, 9.17) is 5.11 Å². The third-order valence-electron chi connectivity index (χ3n) is 2.51. The fraction of sp³-hybridized carbons (Fsp3) is 0.0769. The quantitative estimate of drug-likeness (QED) is 0.889. The average Bonchev–Trinajstić information content (AvgIpc) is 2.30. The molecule has 0 atom stereocenters. The minimum absolute atomic E-state index is 0.0151. The van der Waals surface area contributed by atoms with Gasteiger partial charge in [-0.05, 0) is 19.1 Å². The third kappa shape index (κ3) is 2.20. The summed E-state index contributed by atoms with van der Waals surface area (Å²) >= 11 is 0. The Balaban J connectivity index is 2.60. The van der Waals surface area contributed by atoms with Crippen LogP contribution in [0.2, 0.25) is 0 Å². The number of aromatic nitrogens is 1. The van der Waals surface area contributed by atoms with E-state index in [0.717, 1.165) is 11.8 Å². The van der Waals surface area contributed by atoms with Crippen LogP contribution in [0.5, 0.6) is 0 Å². The molecule has 1 aromatic carbocycles. The SMILES string of the molecule is Cc1ccc(-c2cc(C(=O)O)c(F)cc2F)cn1. The van der Waals surface area contributed by atoms with Crippen LogP contribution in [0.3, 0.4) is 0 Å². The summed E-state index contributed by atoms with van der Waals surface area (Å²) in [5, 5.41) is 8.79. The number of benzene rings is 1. The van der Waals surface area contributed by atoms with Gasteiger partial charge in [0.1, 0.15) is 11.6 Å². The molecular formula is C13H9F2NO2. The smallest absolute Gasteiger partial charge is 0.338 e. The molecule has 2 aromatic rings. The average molecular weight is 249 g/mol. The van der Waals surface area contributed by atoms with E-state index in [-0.39, 0.29) is 5.56 Å². The van der Waals surface area contributed by atoms with Crippen molar-refractivity contribution < 1.29 is 18.7 Å². The Bertz CT molecular complexity index is 609. The molecule has 1 heterocycles. The fourth-order valence-corrected chi connectivity index (χ4v) is 1.56. The van der Waals surface area contributed by atoms with E-state index in [0.29, 0.717) is 11.6 Å². The second-order valence-corrected chi connectivity index (χ2v) is 3.81. The highest BCUT2D eigenvalue weighted by Gasteiger charge is 2.16. The van der Waals surface area contributed by atoms with E-state index in [1.54, 1.807) is 19.1 Å². The molecule has 0 radical (unpaired) electrons. The molecule has 0 amide bonds. The van der Waals surface area contributed by atoms with Crippen LogP contribution < -0.4 is 0 Å². The van der Waals surface area contributed by atoms with Crippen LogP contribution in [0.1, 0.15) is 16.1 Å². The first kappa shape index (κ1) is 12.2. The summed E-state index contributed by atoms with van der Waals surface area (Å²) in [5.74, 6) is -3.35. The summed E-state index contributed by atoms with van der Waals surface area (Å²) in [4.78, 5) is 14.8. The maximum Gasteiger partial charge on any atom is 0.338 e. The molecule has 3 nitrogen and oxygen atoms in total. The minimum atomic E-state index is -1.44. The van der Waals surface area contributed by atoms with Crippen LogP contribution in [0, 0.1) is 18.6 Å². The Morgan fingerprint density at radius 1 is 1.22 bits per heavy atom. The molecule has 0 unspecified atom stereocenters. The number of carboxylic acid groups (broad SMARTS) is 1. The van der Waals surface area contributed by atoms with Crippen molar-refractivity contribution in [2.45, 2.75) is 6.92 Å². The zero-order chi connectivity index (χ0) is 13.3. The first-order chi connectivity index (χ1) is 8.49. The molecule has 0 bridgehead atoms. The number of hydrogen-bond acceptors (Lipinski definition) is 2. The van der Waals surface area contributed by atoms with Crippen molar-refractivity contribution >= 4 is 5.97 Å². The van der Waals surface area contributed by atoms with E-state index in [9.17, 15) is 13.6 Å². The van der Waals surface area contributed by atoms with E-state index in [1.807, 2.05) is 0 Å². The van der Waals surface area contributed by atoms with Crippen molar-refractivity contribution in [1.29, 1.82) is 0 Å². The molecule has 0 aliphatic heterocycles. The van der Waals surface area contributed by atoms with Crippen molar-refractivity contribution in [1.82, 2.24) is 4.98 Å². The van der Waals surface area contributed by atoms with Gasteiger partial charge in [0.2, 0.25) is 0 Å². The highest BCUT2D eigenvalue weighted by molar-refractivity contribution is 5.89. The predicted molar refractivity (Wildman–Crippen MR) is 61.3 cm³/mol. The lowest BCUT2D eigenvalue weighted by molar-refractivity contribution is 0.0692. The van der Waals surface area contributed by atoms with Crippen molar-refractivity contribution in [3.8, 4) is 11.1 Å². The highest BCUT2D eigenvalue weighted by Crippen LogP contribution is 2.25. The second kappa shape index (κ2) is 4.52. The number of rotatable bonds is 2. The molecule has 5 heteroatoms. The van der Waals surface area contributed by atoms with E-state index in [2.05, 4.69) is 4.98 Å². The lowest BCUT2D eigenvalue weighted by Crippen LogP contribution is -2.02. The first-order valence-corrected chi connectivity index (χ1v) is 5.14. The number of carbonyl (C=O) groups is 1. The Morgan fingerprint density at radius 3 is 2.50 bits per heavy atom. The Morgan fingerprint density at radius 2 is 1.94 bits per heavy atom. The molecule has 0 aliphatic rings. The lowest BCUT2D eigenvalue weighted by atomic mass is 10.0. The molecule has 0 saturated heterocycles. The minimum Gasteiger partial charge on any atom is -0.478 e. The van der Waals surface area contributed by atoms with E-state index < -0.39 is 23.2 Å². The molecule has 92 valence electrons. The standard InChI is InChI=1S/C13H9F2NO2/c1-7-2-3-8(6-16-7)9-4-10(13(17)18)12(15)5-11(9)14/h2-6H,1H3,(H,17,18). The van der Waals surface area contributed by atoms with E-state index in [1.165, 1.54) is 6.20 Å². The summed E-state index contributed by atoms with van der Waals surface area (Å²) in [6.07, 6.45) is 1.41. The van der Waals surface area contributed by atoms with Crippen LogP contribution in [0.15, 0.2) is 30.5 Å². The van der Waals surface area contributed by atoms with Gasteiger partial charge in [0.05, 0.1) is 5.56 Å². The second-order valence-electron chi connectivity index (χ2n) is 3.81. The Hall–Kier alpha value is -2.30. The van der Waals surface area contributed by atoms with Gasteiger partial charge in [-0.25, -0.2) is 13.6 Å². The summed E-state index contributed by atoms with van der Waals surface area (Å²) in [6.45, 7) is 1.77. The van der Waals surface area contributed by atoms with Crippen LogP contribution in [-0.2, 0) is 0 Å². The largest absolute Gasteiger partial charge is 0.478 e. The van der Waals surface area contributed by atoms with Crippen LogP contribution >= 0.6 is 0 Å². The number of nitrogens with zero attached hydrogens (tertiary/aromatic N) is 1. The number of pyridine rings is 1. The number of halogens is 2. The number of hydrogen-bond donors (Lipinski definition) is 1. The van der Waals surface area contributed by atoms with Crippen LogP contribution in [-0.4, -0.2) is 16.1 Å². The van der Waals surface area contributed by atoms with Crippen molar-refractivity contribution in [2.75, 3.05) is 0 Å². The van der Waals surface area contributed by atoms with Crippen molar-refractivity contribution in [3.63, 3.8) is 0 Å². The molecule has 0 spiro atoms. The summed E-state index contributed by atoms with van der Waals surface area (Å²) in [5.41, 5.74) is 0.605. The molecular weight excluding hydrogens is 240 g/mol. The van der Waals surface area contributed by atoms with Crippen LogP contribution in [0.4, 0.5) is 8.78 Å². The molecule has 2 rings (SSSR count). The molecule has 0 aliphatic carbocycles. The summed E-state index contributed by atoms with van der Waals surface area (Å²) in [7, 11) is 0. The Kier molecular flexibility index (Phi) is 3.06. The number of carboxylic acids is 1. The summed E-state index contributed by atoms with van der Waals surface area (Å²) in [6, 6.07) is 4.81. The van der Waals surface area contributed by atoms with Gasteiger partial charge < -0.3 is 5.11 Å². The monoisotopic (exact) mass is 249 g/mol. The van der Waals surface area contributed by atoms with Gasteiger partial charge in [-0.2, -0.15) is 0 Å².